The third-order valence-electron chi connectivity index (χ3n) is 2.93. The zero-order valence-electron chi connectivity index (χ0n) is 10.8. The zero-order chi connectivity index (χ0) is 13.7. The van der Waals surface area contributed by atoms with Gasteiger partial charge < -0.3 is 15.4 Å². The number of epoxide rings is 1. The van der Waals surface area contributed by atoms with Crippen LogP contribution in [0.25, 0.3) is 0 Å². The van der Waals surface area contributed by atoms with E-state index in [0.717, 1.165) is 5.69 Å². The Morgan fingerprint density at radius 1 is 1.53 bits per heavy atom. The fourth-order valence-corrected chi connectivity index (χ4v) is 1.70. The van der Waals surface area contributed by atoms with E-state index in [-0.39, 0.29) is 24.3 Å². The van der Waals surface area contributed by atoms with Crippen molar-refractivity contribution in [1.82, 2.24) is 15.6 Å². The van der Waals surface area contributed by atoms with Crippen LogP contribution in [0, 0.1) is 0 Å². The lowest BCUT2D eigenvalue weighted by Gasteiger charge is -2.15. The maximum Gasteiger partial charge on any atom is 0.237 e. The minimum Gasteiger partial charge on any atom is -0.365 e. The molecule has 2 heterocycles. The molecule has 6 heteroatoms. The van der Waals surface area contributed by atoms with Gasteiger partial charge in [0.15, 0.2) is 5.78 Å². The van der Waals surface area contributed by atoms with Crippen LogP contribution in [0.5, 0.6) is 0 Å². The smallest absolute Gasteiger partial charge is 0.237 e. The molecule has 1 aromatic rings. The first-order valence-electron chi connectivity index (χ1n) is 6.20. The highest BCUT2D eigenvalue weighted by Crippen LogP contribution is 2.09. The highest BCUT2D eigenvalue weighted by Gasteiger charge is 2.31. The number of Topliss-reactive ketones (excluding diaryl/α,β-unsaturated/α-hetero) is 1. The summed E-state index contributed by atoms with van der Waals surface area (Å²) in [5.74, 6) is -0.289. The molecule has 0 spiro atoms. The number of rotatable bonds is 7. The molecular weight excluding hydrogens is 246 g/mol. The number of carbonyl (C=O) groups excluding carboxylic acids is 2. The zero-order valence-corrected chi connectivity index (χ0v) is 10.8. The van der Waals surface area contributed by atoms with Gasteiger partial charge in [-0.3, -0.25) is 14.6 Å². The quantitative estimate of drug-likeness (QED) is 0.635. The largest absolute Gasteiger partial charge is 0.365 e. The minimum atomic E-state index is -0.400. The van der Waals surface area contributed by atoms with E-state index in [2.05, 4.69) is 15.6 Å². The maximum atomic E-state index is 11.9. The molecule has 0 bridgehead atoms. The van der Waals surface area contributed by atoms with Crippen molar-refractivity contribution >= 4 is 11.7 Å². The molecule has 1 aliphatic heterocycles. The summed E-state index contributed by atoms with van der Waals surface area (Å²) in [6.45, 7) is 0.488. The van der Waals surface area contributed by atoms with E-state index >= 15 is 0 Å². The SMILES string of the molecule is CNC(Cc1ccccn1)C(=O)NCC(=O)C1CO1. The number of ether oxygens (including phenoxy) is 1. The van der Waals surface area contributed by atoms with Gasteiger partial charge in [0.25, 0.3) is 0 Å². The van der Waals surface area contributed by atoms with Crippen molar-refractivity contribution < 1.29 is 14.3 Å². The van der Waals surface area contributed by atoms with Crippen LogP contribution in [0.4, 0.5) is 0 Å². The van der Waals surface area contributed by atoms with Crippen molar-refractivity contribution in [3.05, 3.63) is 30.1 Å². The Kier molecular flexibility index (Phi) is 4.59. The molecule has 19 heavy (non-hydrogen) atoms. The lowest BCUT2D eigenvalue weighted by atomic mass is 10.1. The van der Waals surface area contributed by atoms with Gasteiger partial charge >= 0.3 is 0 Å². The number of ketones is 1. The van der Waals surface area contributed by atoms with E-state index in [1.807, 2.05) is 18.2 Å². The molecule has 2 N–H and O–H groups in total. The van der Waals surface area contributed by atoms with E-state index < -0.39 is 6.04 Å². The average Bonchev–Trinajstić information content (AvgIpc) is 3.27. The molecule has 0 saturated carbocycles. The van der Waals surface area contributed by atoms with Crippen LogP contribution in [0.2, 0.25) is 0 Å². The van der Waals surface area contributed by atoms with Crippen LogP contribution in [0.15, 0.2) is 24.4 Å². The number of nitrogens with zero attached hydrogens (tertiary/aromatic N) is 1. The Morgan fingerprint density at radius 3 is 2.89 bits per heavy atom. The van der Waals surface area contributed by atoms with Crippen molar-refractivity contribution in [3.63, 3.8) is 0 Å². The summed E-state index contributed by atoms with van der Waals surface area (Å²) in [6.07, 6.45) is 1.86. The van der Waals surface area contributed by atoms with Crippen molar-refractivity contribution in [3.8, 4) is 0 Å². The van der Waals surface area contributed by atoms with Crippen LogP contribution < -0.4 is 10.6 Å². The Balaban J connectivity index is 1.82. The Bertz CT molecular complexity index is 446. The summed E-state index contributed by atoms with van der Waals surface area (Å²) in [5.41, 5.74) is 0.828. The lowest BCUT2D eigenvalue weighted by molar-refractivity contribution is -0.126. The summed E-state index contributed by atoms with van der Waals surface area (Å²) in [6, 6.07) is 5.16. The van der Waals surface area contributed by atoms with Gasteiger partial charge in [0.2, 0.25) is 5.91 Å². The van der Waals surface area contributed by atoms with Crippen molar-refractivity contribution in [2.45, 2.75) is 18.6 Å². The van der Waals surface area contributed by atoms with Gasteiger partial charge in [-0.1, -0.05) is 6.07 Å². The molecule has 2 atom stereocenters. The van der Waals surface area contributed by atoms with Crippen molar-refractivity contribution in [2.24, 2.45) is 0 Å². The first kappa shape index (κ1) is 13.6. The summed E-state index contributed by atoms with van der Waals surface area (Å²) in [5, 5.41) is 5.54. The highest BCUT2D eigenvalue weighted by molar-refractivity contribution is 5.91. The molecule has 2 rings (SSSR count). The molecule has 102 valence electrons. The number of amides is 1. The van der Waals surface area contributed by atoms with Gasteiger partial charge in [-0.05, 0) is 19.2 Å². The van der Waals surface area contributed by atoms with E-state index in [9.17, 15) is 9.59 Å². The maximum absolute atomic E-state index is 11.9. The van der Waals surface area contributed by atoms with Crippen LogP contribution in [-0.4, -0.2) is 49.0 Å². The van der Waals surface area contributed by atoms with Gasteiger partial charge in [0.1, 0.15) is 6.10 Å². The second kappa shape index (κ2) is 6.40. The fourth-order valence-electron chi connectivity index (χ4n) is 1.70. The monoisotopic (exact) mass is 263 g/mol. The molecule has 1 saturated heterocycles. The summed E-state index contributed by atoms with van der Waals surface area (Å²) < 4.78 is 4.86. The predicted molar refractivity (Wildman–Crippen MR) is 68.5 cm³/mol. The number of pyridine rings is 1. The molecular formula is C13H17N3O3. The van der Waals surface area contributed by atoms with Crippen LogP contribution in [-0.2, 0) is 20.7 Å². The summed E-state index contributed by atoms with van der Waals surface area (Å²) >= 11 is 0. The summed E-state index contributed by atoms with van der Waals surface area (Å²) in [4.78, 5) is 27.5. The van der Waals surface area contributed by atoms with E-state index in [1.165, 1.54) is 0 Å². The van der Waals surface area contributed by atoms with Gasteiger partial charge in [-0.2, -0.15) is 0 Å². The van der Waals surface area contributed by atoms with E-state index in [1.54, 1.807) is 13.2 Å². The number of carbonyl (C=O) groups is 2. The molecule has 1 amide bonds. The Labute approximate surface area is 111 Å². The van der Waals surface area contributed by atoms with Crippen molar-refractivity contribution in [2.75, 3.05) is 20.2 Å². The van der Waals surface area contributed by atoms with Gasteiger partial charge in [-0.25, -0.2) is 0 Å². The molecule has 1 fully saturated rings. The molecule has 0 radical (unpaired) electrons. The van der Waals surface area contributed by atoms with Gasteiger partial charge in [0, 0.05) is 18.3 Å². The second-order valence-electron chi connectivity index (χ2n) is 4.37. The average molecular weight is 263 g/mol. The summed E-state index contributed by atoms with van der Waals surface area (Å²) in [7, 11) is 1.71. The number of hydrogen-bond donors (Lipinski definition) is 2. The molecule has 0 aromatic carbocycles. The number of hydrogen-bond acceptors (Lipinski definition) is 5. The second-order valence-corrected chi connectivity index (χ2v) is 4.37. The Morgan fingerprint density at radius 2 is 2.32 bits per heavy atom. The Hall–Kier alpha value is -1.79. The van der Waals surface area contributed by atoms with E-state index in [4.69, 9.17) is 4.74 Å². The van der Waals surface area contributed by atoms with Crippen LogP contribution in [0.3, 0.4) is 0 Å². The molecule has 1 aromatic heterocycles. The van der Waals surface area contributed by atoms with Crippen LogP contribution >= 0.6 is 0 Å². The minimum absolute atomic E-state index is 0.0178. The molecule has 6 nitrogen and oxygen atoms in total. The first-order valence-corrected chi connectivity index (χ1v) is 6.20. The number of nitrogens with one attached hydrogen (secondary N) is 2. The van der Waals surface area contributed by atoms with E-state index in [0.29, 0.717) is 13.0 Å². The molecule has 2 unspecified atom stereocenters. The normalized spacial score (nSPS) is 18.7. The third kappa shape index (κ3) is 4.11. The molecule has 1 aliphatic rings. The third-order valence-corrected chi connectivity index (χ3v) is 2.93. The standard InChI is InChI=1S/C13H17N3O3/c1-14-10(6-9-4-2-3-5-15-9)13(18)16-7-11(17)12-8-19-12/h2-5,10,12,14H,6-8H2,1H3,(H,16,18). The van der Waals surface area contributed by atoms with Crippen molar-refractivity contribution in [1.29, 1.82) is 0 Å². The van der Waals surface area contributed by atoms with Gasteiger partial charge in [-0.15, -0.1) is 0 Å². The molecule has 0 aliphatic carbocycles. The number of likely N-dealkylation sites (N-methyl/N-ethyl adjacent to an activating group) is 1. The van der Waals surface area contributed by atoms with Crippen LogP contribution in [0.1, 0.15) is 5.69 Å². The fraction of sp³-hybridized carbons (Fsp3) is 0.462. The first-order chi connectivity index (χ1) is 9.20. The lowest BCUT2D eigenvalue weighted by Crippen LogP contribution is -2.46. The highest BCUT2D eigenvalue weighted by atomic mass is 16.6. The predicted octanol–water partition coefficient (Wildman–Crippen LogP) is -0.704. The number of aromatic nitrogens is 1. The van der Waals surface area contributed by atoms with Gasteiger partial charge in [0.05, 0.1) is 19.2 Å². The topological polar surface area (TPSA) is 83.6 Å².